The molecular formula is C27H41N3O5. The summed E-state index contributed by atoms with van der Waals surface area (Å²) < 4.78 is 11.1. The van der Waals surface area contributed by atoms with E-state index in [4.69, 9.17) is 15.2 Å². The van der Waals surface area contributed by atoms with Gasteiger partial charge >= 0.3 is 0 Å². The fraction of sp³-hybridized carbons (Fsp3) is 0.667. The number of nitrogens with zero attached hydrogens (tertiary/aromatic N) is 1. The monoisotopic (exact) mass is 487 g/mol. The smallest absolute Gasteiger partial charge is 0.243 e. The van der Waals surface area contributed by atoms with Gasteiger partial charge in [-0.3, -0.25) is 14.4 Å². The second-order valence-corrected chi connectivity index (χ2v) is 9.86. The second kappa shape index (κ2) is 12.3. The van der Waals surface area contributed by atoms with E-state index in [2.05, 4.69) is 5.32 Å². The van der Waals surface area contributed by atoms with Crippen molar-refractivity contribution < 1.29 is 23.9 Å². The molecule has 3 N–H and O–H groups in total. The first-order valence-electron chi connectivity index (χ1n) is 12.9. The minimum Gasteiger partial charge on any atom is -0.493 e. The van der Waals surface area contributed by atoms with Gasteiger partial charge < -0.3 is 25.4 Å². The van der Waals surface area contributed by atoms with Gasteiger partial charge in [-0.2, -0.15) is 0 Å². The van der Waals surface area contributed by atoms with Gasteiger partial charge in [-0.15, -0.1) is 0 Å². The normalized spacial score (nSPS) is 20.6. The van der Waals surface area contributed by atoms with E-state index in [9.17, 15) is 14.4 Å². The highest BCUT2D eigenvalue weighted by Crippen LogP contribution is 2.42. The summed E-state index contributed by atoms with van der Waals surface area (Å²) >= 11 is 0. The molecule has 3 atom stereocenters. The number of rotatable bonds is 9. The second-order valence-electron chi connectivity index (χ2n) is 9.86. The minimum absolute atomic E-state index is 0.0181. The van der Waals surface area contributed by atoms with Crippen LogP contribution in [0.15, 0.2) is 12.1 Å². The van der Waals surface area contributed by atoms with E-state index in [1.165, 1.54) is 6.42 Å². The Morgan fingerprint density at radius 3 is 2.34 bits per heavy atom. The molecule has 2 aliphatic rings. The maximum Gasteiger partial charge on any atom is 0.243 e. The Hall–Kier alpha value is -2.77. The molecule has 0 spiro atoms. The summed E-state index contributed by atoms with van der Waals surface area (Å²) in [4.78, 5) is 40.9. The van der Waals surface area contributed by atoms with Crippen LogP contribution in [-0.2, 0) is 14.4 Å². The van der Waals surface area contributed by atoms with Crippen LogP contribution in [0.25, 0.3) is 0 Å². The van der Waals surface area contributed by atoms with E-state index < -0.39 is 18.0 Å². The number of benzene rings is 1. The summed E-state index contributed by atoms with van der Waals surface area (Å²) in [6.45, 7) is 4.29. The van der Waals surface area contributed by atoms with Crippen LogP contribution in [0.4, 0.5) is 0 Å². The number of carbonyl (C=O) groups is 3. The molecule has 1 aromatic carbocycles. The van der Waals surface area contributed by atoms with Gasteiger partial charge in [-0.1, -0.05) is 32.3 Å². The van der Waals surface area contributed by atoms with Gasteiger partial charge in [0, 0.05) is 6.54 Å². The largest absolute Gasteiger partial charge is 0.493 e. The van der Waals surface area contributed by atoms with Gasteiger partial charge in [-0.05, 0) is 68.6 Å². The molecule has 35 heavy (non-hydrogen) atoms. The van der Waals surface area contributed by atoms with Crippen molar-refractivity contribution in [3.05, 3.63) is 23.3 Å². The minimum atomic E-state index is -0.732. The average molecular weight is 488 g/mol. The molecule has 1 heterocycles. The Kier molecular flexibility index (Phi) is 9.40. The van der Waals surface area contributed by atoms with E-state index in [1.807, 2.05) is 19.1 Å². The lowest BCUT2D eigenvalue weighted by molar-refractivity contribution is -0.145. The fourth-order valence-electron chi connectivity index (χ4n) is 5.73. The summed E-state index contributed by atoms with van der Waals surface area (Å²) in [5, 5.41) is 2.78. The van der Waals surface area contributed by atoms with Crippen LogP contribution in [0, 0.1) is 12.8 Å². The summed E-state index contributed by atoms with van der Waals surface area (Å²) in [6.07, 6.45) is 8.05. The van der Waals surface area contributed by atoms with E-state index in [-0.39, 0.29) is 23.7 Å². The Balaban J connectivity index is 1.96. The SMILES string of the molecule is CC[C@H](NC(=O)[C@@H]1CCCCN1C(=O)[C@H](c1cc(C)c(OC)c(OC)c1)C1CCCCC1)C(N)=O. The molecule has 1 aliphatic carbocycles. The van der Waals surface area contributed by atoms with Crippen LogP contribution in [0.2, 0.25) is 0 Å². The number of methoxy groups -OCH3 is 2. The summed E-state index contributed by atoms with van der Waals surface area (Å²) in [5.74, 6) is 0.240. The van der Waals surface area contributed by atoms with E-state index in [0.29, 0.717) is 30.9 Å². The molecule has 3 amide bonds. The van der Waals surface area contributed by atoms with Crippen molar-refractivity contribution in [2.75, 3.05) is 20.8 Å². The van der Waals surface area contributed by atoms with Crippen LogP contribution in [0.5, 0.6) is 11.5 Å². The van der Waals surface area contributed by atoms with Crippen molar-refractivity contribution in [3.8, 4) is 11.5 Å². The number of amides is 3. The zero-order valence-corrected chi connectivity index (χ0v) is 21.6. The van der Waals surface area contributed by atoms with Crippen molar-refractivity contribution in [3.63, 3.8) is 0 Å². The van der Waals surface area contributed by atoms with Crippen LogP contribution in [-0.4, -0.2) is 55.5 Å². The van der Waals surface area contributed by atoms with Crippen LogP contribution < -0.4 is 20.5 Å². The maximum absolute atomic E-state index is 14.2. The highest BCUT2D eigenvalue weighted by molar-refractivity contribution is 5.93. The molecule has 1 aliphatic heterocycles. The van der Waals surface area contributed by atoms with Crippen LogP contribution in [0.1, 0.15) is 81.8 Å². The van der Waals surface area contributed by atoms with Crippen molar-refractivity contribution in [1.82, 2.24) is 10.2 Å². The molecule has 8 heteroatoms. The van der Waals surface area contributed by atoms with E-state index >= 15 is 0 Å². The van der Waals surface area contributed by atoms with Crippen molar-refractivity contribution >= 4 is 17.7 Å². The first-order valence-corrected chi connectivity index (χ1v) is 12.9. The molecular weight excluding hydrogens is 446 g/mol. The number of hydrogen-bond acceptors (Lipinski definition) is 5. The van der Waals surface area contributed by atoms with Crippen LogP contribution >= 0.6 is 0 Å². The lowest BCUT2D eigenvalue weighted by Gasteiger charge is -2.40. The van der Waals surface area contributed by atoms with Crippen LogP contribution in [0.3, 0.4) is 0 Å². The number of piperidine rings is 1. The molecule has 0 radical (unpaired) electrons. The Morgan fingerprint density at radius 1 is 1.06 bits per heavy atom. The third-order valence-electron chi connectivity index (χ3n) is 7.59. The quantitative estimate of drug-likeness (QED) is 0.554. The molecule has 2 fully saturated rings. The number of nitrogens with one attached hydrogen (secondary N) is 1. The number of hydrogen-bond donors (Lipinski definition) is 2. The van der Waals surface area contributed by atoms with Crippen molar-refractivity contribution in [2.24, 2.45) is 11.7 Å². The molecule has 0 bridgehead atoms. The van der Waals surface area contributed by atoms with Crippen molar-refractivity contribution in [2.45, 2.75) is 89.6 Å². The standard InChI is InChI=1S/C27H41N3O5/c1-5-20(25(28)31)29-26(32)21-13-9-10-14-30(21)27(33)23(18-11-7-6-8-12-18)19-15-17(2)24(35-4)22(16-19)34-3/h15-16,18,20-21,23H,5-14H2,1-4H3,(H2,28,31)(H,29,32)/t20-,21-,23-/m0/s1. The first kappa shape index (κ1) is 26.8. The third kappa shape index (κ3) is 6.08. The molecule has 0 aromatic heterocycles. The molecule has 194 valence electrons. The summed E-state index contributed by atoms with van der Waals surface area (Å²) in [6, 6.07) is 2.61. The van der Waals surface area contributed by atoms with Gasteiger partial charge in [0.15, 0.2) is 11.5 Å². The fourth-order valence-corrected chi connectivity index (χ4v) is 5.73. The summed E-state index contributed by atoms with van der Waals surface area (Å²) in [7, 11) is 3.22. The molecule has 3 rings (SSSR count). The topological polar surface area (TPSA) is 111 Å². The maximum atomic E-state index is 14.2. The number of nitrogens with two attached hydrogens (primary N) is 1. The summed E-state index contributed by atoms with van der Waals surface area (Å²) in [5.41, 5.74) is 7.27. The highest BCUT2D eigenvalue weighted by Gasteiger charge is 2.40. The number of likely N-dealkylation sites (tertiary alicyclic amines) is 1. The zero-order chi connectivity index (χ0) is 25.5. The van der Waals surface area contributed by atoms with Gasteiger partial charge in [0.1, 0.15) is 12.1 Å². The van der Waals surface area contributed by atoms with Gasteiger partial charge in [0.25, 0.3) is 0 Å². The van der Waals surface area contributed by atoms with Gasteiger partial charge in [0.05, 0.1) is 20.1 Å². The van der Waals surface area contributed by atoms with E-state index in [1.54, 1.807) is 26.0 Å². The predicted molar refractivity (Wildman–Crippen MR) is 134 cm³/mol. The third-order valence-corrected chi connectivity index (χ3v) is 7.59. The van der Waals surface area contributed by atoms with E-state index in [0.717, 1.165) is 49.7 Å². The van der Waals surface area contributed by atoms with Gasteiger partial charge in [0.2, 0.25) is 17.7 Å². The number of carbonyl (C=O) groups excluding carboxylic acids is 3. The first-order chi connectivity index (χ1) is 16.8. The van der Waals surface area contributed by atoms with Crippen molar-refractivity contribution in [1.29, 1.82) is 0 Å². The lowest BCUT2D eigenvalue weighted by Crippen LogP contribution is -2.56. The Labute approximate surface area is 208 Å². The molecule has 0 unspecified atom stereocenters. The molecule has 1 saturated heterocycles. The average Bonchev–Trinajstić information content (AvgIpc) is 2.87. The van der Waals surface area contributed by atoms with Gasteiger partial charge in [-0.25, -0.2) is 0 Å². The molecule has 8 nitrogen and oxygen atoms in total. The predicted octanol–water partition coefficient (Wildman–Crippen LogP) is 3.44. The highest BCUT2D eigenvalue weighted by atomic mass is 16.5. The number of primary amides is 1. The lowest BCUT2D eigenvalue weighted by atomic mass is 9.75. The Bertz CT molecular complexity index is 912. The number of aryl methyl sites for hydroxylation is 1. The molecule has 1 saturated carbocycles. The zero-order valence-electron chi connectivity index (χ0n) is 21.6. The number of ether oxygens (including phenoxy) is 2. The Morgan fingerprint density at radius 2 is 1.74 bits per heavy atom. The molecule has 1 aromatic rings.